The second-order valence-corrected chi connectivity index (χ2v) is 6.00. The molecule has 23 heavy (non-hydrogen) atoms. The number of aromatic amines is 1. The van der Waals surface area contributed by atoms with E-state index in [4.69, 9.17) is 5.11 Å². The molecule has 1 atom stereocenters. The Bertz CT molecular complexity index is 760. The second-order valence-electron chi connectivity index (χ2n) is 6.00. The van der Waals surface area contributed by atoms with E-state index in [0.29, 0.717) is 17.5 Å². The van der Waals surface area contributed by atoms with Gasteiger partial charge < -0.3 is 15.4 Å². The van der Waals surface area contributed by atoms with Crippen LogP contribution in [0.2, 0.25) is 0 Å². The summed E-state index contributed by atoms with van der Waals surface area (Å²) in [4.78, 5) is 37.8. The first-order valence-corrected chi connectivity index (χ1v) is 7.55. The minimum absolute atomic E-state index is 0.0590. The summed E-state index contributed by atoms with van der Waals surface area (Å²) in [7, 11) is 0. The van der Waals surface area contributed by atoms with Crippen LogP contribution in [0.5, 0.6) is 0 Å². The van der Waals surface area contributed by atoms with Gasteiger partial charge in [0.2, 0.25) is 5.91 Å². The molecule has 1 aromatic heterocycles. The molecule has 0 aliphatic heterocycles. The number of hydrogen-bond acceptors (Lipinski definition) is 3. The monoisotopic (exact) mass is 319 g/mol. The average molecular weight is 319 g/mol. The van der Waals surface area contributed by atoms with Crippen molar-refractivity contribution in [2.45, 2.75) is 26.8 Å². The van der Waals surface area contributed by atoms with Crippen molar-refractivity contribution in [1.82, 2.24) is 14.9 Å². The summed E-state index contributed by atoms with van der Waals surface area (Å²) in [5.74, 6) is -1.71. The number of rotatable bonds is 7. The molecule has 1 amide bonds. The molecule has 0 spiro atoms. The molecule has 7 heteroatoms. The number of aliphatic carboxylic acids is 1. The first-order valence-electron chi connectivity index (χ1n) is 7.55. The highest BCUT2D eigenvalue weighted by atomic mass is 16.4. The predicted octanol–water partition coefficient (Wildman–Crippen LogP) is 1.19. The van der Waals surface area contributed by atoms with Gasteiger partial charge in [-0.1, -0.05) is 26.0 Å². The van der Waals surface area contributed by atoms with Gasteiger partial charge in [0.05, 0.1) is 17.0 Å². The molecule has 0 saturated heterocycles. The summed E-state index contributed by atoms with van der Waals surface area (Å²) < 4.78 is 1.34. The van der Waals surface area contributed by atoms with E-state index in [9.17, 15) is 14.4 Å². The van der Waals surface area contributed by atoms with Gasteiger partial charge in [0.25, 0.3) is 0 Å². The van der Waals surface area contributed by atoms with Gasteiger partial charge >= 0.3 is 11.7 Å². The highest BCUT2D eigenvalue weighted by Crippen LogP contribution is 2.11. The second kappa shape index (κ2) is 7.13. The Hall–Kier alpha value is -2.57. The number of benzene rings is 1. The molecule has 0 saturated carbocycles. The Balaban J connectivity index is 2.02. The number of fused-ring (bicyclic) bond motifs is 1. The molecule has 0 fully saturated rings. The van der Waals surface area contributed by atoms with E-state index in [2.05, 4.69) is 10.3 Å². The van der Waals surface area contributed by atoms with E-state index < -0.39 is 11.9 Å². The zero-order valence-electron chi connectivity index (χ0n) is 13.2. The number of para-hydroxylation sites is 2. The van der Waals surface area contributed by atoms with Gasteiger partial charge in [-0.25, -0.2) is 4.79 Å². The number of nitrogens with zero attached hydrogens (tertiary/aromatic N) is 1. The van der Waals surface area contributed by atoms with E-state index in [-0.39, 0.29) is 30.6 Å². The summed E-state index contributed by atoms with van der Waals surface area (Å²) >= 11 is 0. The number of carboxylic acid groups (broad SMARTS) is 1. The van der Waals surface area contributed by atoms with Gasteiger partial charge in [-0.05, 0) is 24.5 Å². The molecule has 0 aliphatic rings. The maximum absolute atomic E-state index is 12.0. The van der Waals surface area contributed by atoms with Crippen LogP contribution < -0.4 is 11.0 Å². The number of nitrogens with one attached hydrogen (secondary N) is 2. The molecule has 0 aliphatic carbocycles. The van der Waals surface area contributed by atoms with Crippen LogP contribution >= 0.6 is 0 Å². The van der Waals surface area contributed by atoms with Crippen LogP contribution in [0, 0.1) is 11.8 Å². The molecular weight excluding hydrogens is 298 g/mol. The standard InChI is InChI=1S/C16H21N3O4/c1-10(2)7-11(15(21)22)8-17-14(20)9-19-13-6-4-3-5-12(13)18-16(19)23/h3-6,10-11H,7-9H2,1-2H3,(H,17,20)(H,18,23)(H,21,22). The lowest BCUT2D eigenvalue weighted by Crippen LogP contribution is -2.37. The van der Waals surface area contributed by atoms with E-state index in [1.54, 1.807) is 24.3 Å². The van der Waals surface area contributed by atoms with Gasteiger partial charge in [-0.3, -0.25) is 14.2 Å². The Kier molecular flexibility index (Phi) is 5.20. The van der Waals surface area contributed by atoms with Crippen molar-refractivity contribution in [3.63, 3.8) is 0 Å². The zero-order valence-corrected chi connectivity index (χ0v) is 13.2. The third kappa shape index (κ3) is 4.21. The molecule has 0 radical (unpaired) electrons. The predicted molar refractivity (Wildman–Crippen MR) is 86.1 cm³/mol. The van der Waals surface area contributed by atoms with Crippen LogP contribution in [0.4, 0.5) is 0 Å². The Morgan fingerprint density at radius 2 is 2.00 bits per heavy atom. The van der Waals surface area contributed by atoms with E-state index in [0.717, 1.165) is 0 Å². The molecule has 1 unspecified atom stereocenters. The molecule has 7 nitrogen and oxygen atoms in total. The molecular formula is C16H21N3O4. The fraction of sp³-hybridized carbons (Fsp3) is 0.438. The summed E-state index contributed by atoms with van der Waals surface area (Å²) in [5, 5.41) is 11.8. The number of aromatic nitrogens is 2. The maximum Gasteiger partial charge on any atom is 0.326 e. The highest BCUT2D eigenvalue weighted by molar-refractivity contribution is 5.81. The highest BCUT2D eigenvalue weighted by Gasteiger charge is 2.20. The lowest BCUT2D eigenvalue weighted by molar-refractivity contribution is -0.142. The van der Waals surface area contributed by atoms with Gasteiger partial charge in [0.15, 0.2) is 0 Å². The minimum Gasteiger partial charge on any atom is -0.481 e. The van der Waals surface area contributed by atoms with Crippen molar-refractivity contribution >= 4 is 22.9 Å². The van der Waals surface area contributed by atoms with Crippen LogP contribution in [-0.4, -0.2) is 33.1 Å². The van der Waals surface area contributed by atoms with Crippen LogP contribution in [-0.2, 0) is 16.1 Å². The fourth-order valence-electron chi connectivity index (χ4n) is 2.54. The lowest BCUT2D eigenvalue weighted by Gasteiger charge is -2.15. The first kappa shape index (κ1) is 16.8. The SMILES string of the molecule is CC(C)CC(CNC(=O)Cn1c(=O)[nH]c2ccccc21)C(=O)O. The number of carbonyl (C=O) groups is 2. The van der Waals surface area contributed by atoms with Crippen molar-refractivity contribution in [3.05, 3.63) is 34.7 Å². The van der Waals surface area contributed by atoms with Crippen molar-refractivity contribution in [1.29, 1.82) is 0 Å². The van der Waals surface area contributed by atoms with E-state index >= 15 is 0 Å². The number of carboxylic acids is 1. The number of carbonyl (C=O) groups excluding carboxylic acids is 1. The fourth-order valence-corrected chi connectivity index (χ4v) is 2.54. The number of hydrogen-bond donors (Lipinski definition) is 3. The summed E-state index contributed by atoms with van der Waals surface area (Å²) in [6, 6.07) is 7.09. The smallest absolute Gasteiger partial charge is 0.326 e. The molecule has 2 rings (SSSR count). The van der Waals surface area contributed by atoms with Crippen molar-refractivity contribution in [3.8, 4) is 0 Å². The third-order valence-electron chi connectivity index (χ3n) is 3.63. The molecule has 3 N–H and O–H groups in total. The number of amides is 1. The van der Waals surface area contributed by atoms with Crippen molar-refractivity contribution < 1.29 is 14.7 Å². The summed E-state index contributed by atoms with van der Waals surface area (Å²) in [6.07, 6.45) is 0.489. The molecule has 1 aromatic carbocycles. The van der Waals surface area contributed by atoms with E-state index in [1.807, 2.05) is 13.8 Å². The minimum atomic E-state index is -0.928. The molecule has 2 aromatic rings. The van der Waals surface area contributed by atoms with Crippen molar-refractivity contribution in [2.24, 2.45) is 11.8 Å². The lowest BCUT2D eigenvalue weighted by atomic mass is 9.97. The van der Waals surface area contributed by atoms with Gasteiger partial charge in [-0.15, -0.1) is 0 Å². The Morgan fingerprint density at radius 1 is 1.30 bits per heavy atom. The summed E-state index contributed by atoms with van der Waals surface area (Å²) in [6.45, 7) is 3.78. The Morgan fingerprint density at radius 3 is 2.65 bits per heavy atom. The zero-order chi connectivity index (χ0) is 17.0. The quantitative estimate of drug-likeness (QED) is 0.713. The molecule has 1 heterocycles. The first-order chi connectivity index (χ1) is 10.9. The van der Waals surface area contributed by atoms with Crippen LogP contribution in [0.3, 0.4) is 0 Å². The van der Waals surface area contributed by atoms with Crippen LogP contribution in [0.25, 0.3) is 11.0 Å². The topological polar surface area (TPSA) is 104 Å². The normalized spacial score (nSPS) is 12.5. The van der Waals surface area contributed by atoms with Crippen molar-refractivity contribution in [2.75, 3.05) is 6.54 Å². The van der Waals surface area contributed by atoms with Gasteiger partial charge in [0.1, 0.15) is 6.54 Å². The largest absolute Gasteiger partial charge is 0.481 e. The van der Waals surface area contributed by atoms with Gasteiger partial charge in [-0.2, -0.15) is 0 Å². The maximum atomic E-state index is 12.0. The average Bonchev–Trinajstić information content (AvgIpc) is 2.79. The summed E-state index contributed by atoms with van der Waals surface area (Å²) in [5.41, 5.74) is 0.941. The third-order valence-corrected chi connectivity index (χ3v) is 3.63. The van der Waals surface area contributed by atoms with Gasteiger partial charge in [0, 0.05) is 6.54 Å². The number of imidazole rings is 1. The van der Waals surface area contributed by atoms with Crippen LogP contribution in [0.15, 0.2) is 29.1 Å². The number of H-pyrrole nitrogens is 1. The van der Waals surface area contributed by atoms with E-state index in [1.165, 1.54) is 4.57 Å². The molecule has 124 valence electrons. The van der Waals surface area contributed by atoms with Crippen LogP contribution in [0.1, 0.15) is 20.3 Å². The molecule has 0 bridgehead atoms. The Labute approximate surface area is 133 Å².